The van der Waals surface area contributed by atoms with Crippen molar-refractivity contribution in [1.29, 1.82) is 0 Å². The van der Waals surface area contributed by atoms with Gasteiger partial charge in [-0.05, 0) is 57.8 Å². The van der Waals surface area contributed by atoms with Crippen LogP contribution in [0.15, 0.2) is 12.2 Å². The Bertz CT molecular complexity index is 415. The fourth-order valence-electron chi connectivity index (χ4n) is 4.65. The van der Waals surface area contributed by atoms with Crippen LogP contribution in [0.4, 0.5) is 0 Å². The average molecular weight is 393 g/mol. The van der Waals surface area contributed by atoms with Gasteiger partial charge < -0.3 is 9.47 Å². The highest BCUT2D eigenvalue weighted by Crippen LogP contribution is 2.45. The van der Waals surface area contributed by atoms with Crippen LogP contribution in [0.2, 0.25) is 0 Å². The molecular formula is C26H48O2. The molecule has 2 aliphatic rings. The van der Waals surface area contributed by atoms with E-state index in [4.69, 9.17) is 9.47 Å². The largest absolute Gasteiger partial charge is 0.348 e. The quantitative estimate of drug-likeness (QED) is 0.183. The van der Waals surface area contributed by atoms with Crippen molar-refractivity contribution in [3.63, 3.8) is 0 Å². The van der Waals surface area contributed by atoms with E-state index in [1.54, 1.807) is 0 Å². The van der Waals surface area contributed by atoms with Gasteiger partial charge in [0.1, 0.15) is 0 Å². The van der Waals surface area contributed by atoms with Gasteiger partial charge in [-0.15, -0.1) is 0 Å². The van der Waals surface area contributed by atoms with Crippen molar-refractivity contribution in [2.24, 2.45) is 11.8 Å². The maximum atomic E-state index is 5.84. The number of ether oxygens (including phenoxy) is 2. The van der Waals surface area contributed by atoms with Crippen LogP contribution in [0.25, 0.3) is 0 Å². The van der Waals surface area contributed by atoms with E-state index in [1.807, 2.05) is 13.8 Å². The molecule has 2 nitrogen and oxygen atoms in total. The second-order valence-electron chi connectivity index (χ2n) is 9.80. The lowest BCUT2D eigenvalue weighted by molar-refractivity contribution is -0.138. The molecule has 0 aromatic heterocycles. The third-order valence-electron chi connectivity index (χ3n) is 6.58. The Morgan fingerprint density at radius 2 is 1.36 bits per heavy atom. The lowest BCUT2D eigenvalue weighted by Gasteiger charge is -2.16. The van der Waals surface area contributed by atoms with Crippen molar-refractivity contribution < 1.29 is 9.47 Å². The first-order chi connectivity index (χ1) is 13.6. The van der Waals surface area contributed by atoms with E-state index < -0.39 is 0 Å². The molecule has 0 aromatic rings. The smallest absolute Gasteiger partial charge is 0.163 e. The molecule has 3 atom stereocenters. The zero-order valence-corrected chi connectivity index (χ0v) is 19.2. The zero-order chi connectivity index (χ0) is 20.1. The van der Waals surface area contributed by atoms with Gasteiger partial charge >= 0.3 is 0 Å². The molecule has 1 saturated heterocycles. The van der Waals surface area contributed by atoms with Crippen LogP contribution >= 0.6 is 0 Å². The molecule has 1 aliphatic heterocycles. The third kappa shape index (κ3) is 11.0. The summed E-state index contributed by atoms with van der Waals surface area (Å²) in [6, 6.07) is 0. The van der Waals surface area contributed by atoms with Gasteiger partial charge in [0.15, 0.2) is 5.79 Å². The molecular weight excluding hydrogens is 344 g/mol. The number of hydrogen-bond donors (Lipinski definition) is 0. The van der Waals surface area contributed by atoms with Gasteiger partial charge in [-0.1, -0.05) is 89.7 Å². The monoisotopic (exact) mass is 392 g/mol. The van der Waals surface area contributed by atoms with E-state index >= 15 is 0 Å². The topological polar surface area (TPSA) is 18.5 Å². The molecule has 0 N–H and O–H groups in total. The summed E-state index contributed by atoms with van der Waals surface area (Å²) in [6.07, 6.45) is 27.4. The van der Waals surface area contributed by atoms with Crippen molar-refractivity contribution in [1.82, 2.24) is 0 Å². The standard InChI is InChI=1S/C26H48O2/c1-4-5-6-7-8-9-12-15-18-23-21-24(23)19-16-13-10-11-14-17-20-25-22-27-26(2,3)28-25/h11,14,23-25H,4-10,12-13,15-22H2,1-3H3/b14-11-/t23-,24+,25+/m0/s1. The molecule has 28 heavy (non-hydrogen) atoms. The highest BCUT2D eigenvalue weighted by molar-refractivity contribution is 4.87. The van der Waals surface area contributed by atoms with Gasteiger partial charge in [0.25, 0.3) is 0 Å². The summed E-state index contributed by atoms with van der Waals surface area (Å²) >= 11 is 0. The maximum absolute atomic E-state index is 5.84. The molecule has 0 spiro atoms. The van der Waals surface area contributed by atoms with Crippen LogP contribution in [0.1, 0.15) is 124 Å². The summed E-state index contributed by atoms with van der Waals surface area (Å²) in [5, 5.41) is 0. The second-order valence-corrected chi connectivity index (χ2v) is 9.80. The molecule has 1 saturated carbocycles. The Morgan fingerprint density at radius 1 is 0.750 bits per heavy atom. The van der Waals surface area contributed by atoms with Crippen molar-refractivity contribution in [3.05, 3.63) is 12.2 Å². The average Bonchev–Trinajstić information content (AvgIpc) is 3.32. The minimum atomic E-state index is -0.372. The van der Waals surface area contributed by atoms with Crippen molar-refractivity contribution in [2.45, 2.75) is 135 Å². The lowest BCUT2D eigenvalue weighted by atomic mass is 10.0. The van der Waals surface area contributed by atoms with Gasteiger partial charge in [-0.25, -0.2) is 0 Å². The molecule has 0 aromatic carbocycles. The Labute approximate surface area is 175 Å². The van der Waals surface area contributed by atoms with Crippen LogP contribution in [-0.4, -0.2) is 18.5 Å². The van der Waals surface area contributed by atoms with Crippen LogP contribution in [-0.2, 0) is 9.47 Å². The second kappa shape index (κ2) is 13.8. The maximum Gasteiger partial charge on any atom is 0.163 e. The zero-order valence-electron chi connectivity index (χ0n) is 19.2. The molecule has 2 fully saturated rings. The Hall–Kier alpha value is -0.340. The molecule has 1 aliphatic carbocycles. The van der Waals surface area contributed by atoms with Crippen molar-refractivity contribution >= 4 is 0 Å². The van der Waals surface area contributed by atoms with Gasteiger partial charge in [-0.3, -0.25) is 0 Å². The predicted molar refractivity (Wildman–Crippen MR) is 121 cm³/mol. The molecule has 0 bridgehead atoms. The van der Waals surface area contributed by atoms with Gasteiger partial charge in [0.2, 0.25) is 0 Å². The number of hydrogen-bond acceptors (Lipinski definition) is 2. The molecule has 164 valence electrons. The fourth-order valence-corrected chi connectivity index (χ4v) is 4.65. The summed E-state index contributed by atoms with van der Waals surface area (Å²) in [4.78, 5) is 0. The lowest BCUT2D eigenvalue weighted by Crippen LogP contribution is -2.21. The summed E-state index contributed by atoms with van der Waals surface area (Å²) in [5.41, 5.74) is 0. The number of unbranched alkanes of at least 4 members (excludes halogenated alkanes) is 9. The summed E-state index contributed by atoms with van der Waals surface area (Å²) in [6.45, 7) is 7.06. The molecule has 2 rings (SSSR count). The van der Waals surface area contributed by atoms with Gasteiger partial charge in [-0.2, -0.15) is 0 Å². The first kappa shape index (κ1) is 23.9. The van der Waals surface area contributed by atoms with E-state index in [2.05, 4.69) is 19.1 Å². The van der Waals surface area contributed by atoms with E-state index in [0.29, 0.717) is 0 Å². The summed E-state index contributed by atoms with van der Waals surface area (Å²) in [7, 11) is 0. The van der Waals surface area contributed by atoms with E-state index in [-0.39, 0.29) is 11.9 Å². The van der Waals surface area contributed by atoms with Crippen LogP contribution in [0.3, 0.4) is 0 Å². The van der Waals surface area contributed by atoms with E-state index in [1.165, 1.54) is 89.9 Å². The molecule has 1 heterocycles. The summed E-state index contributed by atoms with van der Waals surface area (Å²) < 4.78 is 11.5. The Kier molecular flexibility index (Phi) is 11.8. The van der Waals surface area contributed by atoms with Crippen LogP contribution in [0, 0.1) is 11.8 Å². The predicted octanol–water partition coefficient (Wildman–Crippen LogP) is 8.20. The number of allylic oxidation sites excluding steroid dienone is 2. The summed E-state index contributed by atoms with van der Waals surface area (Å²) in [5.74, 6) is 1.80. The SMILES string of the molecule is CCCCCCCCCC[C@H]1C[C@H]1CCCC/C=C\CC[C@@H]1COC(C)(C)O1. The first-order valence-corrected chi connectivity index (χ1v) is 12.6. The fraction of sp³-hybridized carbons (Fsp3) is 0.923. The normalized spacial score (nSPS) is 26.3. The van der Waals surface area contributed by atoms with Crippen LogP contribution in [0.5, 0.6) is 0 Å². The molecule has 0 unspecified atom stereocenters. The van der Waals surface area contributed by atoms with Crippen molar-refractivity contribution in [3.8, 4) is 0 Å². The van der Waals surface area contributed by atoms with Crippen LogP contribution < -0.4 is 0 Å². The highest BCUT2D eigenvalue weighted by Gasteiger charge is 2.35. The number of rotatable bonds is 17. The Balaban J connectivity index is 1.31. The minimum absolute atomic E-state index is 0.285. The third-order valence-corrected chi connectivity index (χ3v) is 6.58. The highest BCUT2D eigenvalue weighted by atomic mass is 16.7. The van der Waals surface area contributed by atoms with Crippen molar-refractivity contribution in [2.75, 3.05) is 6.61 Å². The molecule has 0 amide bonds. The van der Waals surface area contributed by atoms with E-state index in [0.717, 1.165) is 31.3 Å². The van der Waals surface area contributed by atoms with E-state index in [9.17, 15) is 0 Å². The van der Waals surface area contributed by atoms with Gasteiger partial charge in [0.05, 0.1) is 12.7 Å². The Morgan fingerprint density at radius 3 is 2.00 bits per heavy atom. The van der Waals surface area contributed by atoms with Gasteiger partial charge in [0, 0.05) is 0 Å². The minimum Gasteiger partial charge on any atom is -0.348 e. The first-order valence-electron chi connectivity index (χ1n) is 12.6. The molecule has 2 heteroatoms. The molecule has 0 radical (unpaired) electrons.